The third-order valence-corrected chi connectivity index (χ3v) is 21.4. The van der Waals surface area contributed by atoms with E-state index in [1.165, 1.54) is 87.2 Å². The first kappa shape index (κ1) is 51.5. The lowest BCUT2D eigenvalue weighted by molar-refractivity contribution is 1.29. The van der Waals surface area contributed by atoms with Crippen LogP contribution in [0.2, 0.25) is 0 Å². The molecule has 2 heteroatoms. The van der Waals surface area contributed by atoms with Gasteiger partial charge < -0.3 is 4.90 Å². The molecule has 0 fully saturated rings. The molecule has 0 aliphatic carbocycles. The molecule has 0 radical (unpaired) electrons. The molecule has 0 aliphatic heterocycles. The molecule has 0 saturated carbocycles. The molecular weight excluding hydrogens is 1030 g/mol. The van der Waals surface area contributed by atoms with Crippen LogP contribution in [-0.2, 0) is 0 Å². The van der Waals surface area contributed by atoms with E-state index in [0.29, 0.717) is 0 Å². The summed E-state index contributed by atoms with van der Waals surface area (Å²) < 4.78 is 0. The van der Waals surface area contributed by atoms with E-state index in [0.717, 1.165) is 39.3 Å². The van der Waals surface area contributed by atoms with E-state index in [-0.39, 0.29) is 0 Å². The molecule has 84 heavy (non-hydrogen) atoms. The molecule has 14 rings (SSSR count). The molecule has 1 nitrogen and oxygen atoms in total. The number of para-hydroxylation sites is 1. The fraction of sp³-hybridized carbons (Fsp3) is 0. The number of fused-ring (bicyclic) bond motifs is 1. The summed E-state index contributed by atoms with van der Waals surface area (Å²) in [5.74, 6) is 0. The molecule has 0 aromatic heterocycles. The molecule has 0 aliphatic rings. The average molecular weight is 1090 g/mol. The first-order valence-corrected chi connectivity index (χ1v) is 31.0. The van der Waals surface area contributed by atoms with E-state index in [4.69, 9.17) is 0 Å². The van der Waals surface area contributed by atoms with Gasteiger partial charge in [-0.3, -0.25) is 0 Å². The lowest BCUT2D eigenvalue weighted by atomic mass is 9.78. The number of anilines is 3. The number of rotatable bonds is 14. The smallest absolute Gasteiger partial charge is 0.179 e. The zero-order valence-electron chi connectivity index (χ0n) is 46.5. The first-order chi connectivity index (χ1) is 41.7. The molecule has 0 N–H and O–H groups in total. The van der Waals surface area contributed by atoms with Crippen LogP contribution in [0.15, 0.2) is 358 Å². The van der Waals surface area contributed by atoms with Crippen molar-refractivity contribution < 1.29 is 0 Å². The van der Waals surface area contributed by atoms with Gasteiger partial charge in [-0.25, -0.2) is 0 Å². The third-order valence-electron chi connectivity index (χ3n) is 16.6. The minimum absolute atomic E-state index is 1.07. The molecule has 0 spiro atoms. The summed E-state index contributed by atoms with van der Waals surface area (Å²) in [5, 5.41) is 7.70. The molecule has 396 valence electrons. The highest BCUT2D eigenvalue weighted by molar-refractivity contribution is 7.20. The van der Waals surface area contributed by atoms with Crippen LogP contribution in [0.4, 0.5) is 17.1 Å². The lowest BCUT2D eigenvalue weighted by Crippen LogP contribution is -2.74. The SMILES string of the molecule is c1ccc(-c2ccc(N(c3cccc([Si](c4ccccc4)(c4ccccc4)c4ccccc4)c3)c3ccccc3-c3ccccc3-c3ccc4c(-c5ccccc5)c(-c5ccccc5)c(-c5ccccc5)c(-c5ccccc5)c4c3)cc2)cc1. The maximum absolute atomic E-state index is 2.92. The Morgan fingerprint density at radius 3 is 1.04 bits per heavy atom. The zero-order valence-corrected chi connectivity index (χ0v) is 47.5. The van der Waals surface area contributed by atoms with Crippen molar-refractivity contribution >= 4 is 56.7 Å². The summed E-state index contributed by atoms with van der Waals surface area (Å²) >= 11 is 0. The first-order valence-electron chi connectivity index (χ1n) is 29.0. The van der Waals surface area contributed by atoms with Crippen LogP contribution in [-0.4, -0.2) is 8.07 Å². The van der Waals surface area contributed by atoms with Gasteiger partial charge >= 0.3 is 0 Å². The van der Waals surface area contributed by atoms with Gasteiger partial charge in [0.25, 0.3) is 0 Å². The predicted octanol–water partition coefficient (Wildman–Crippen LogP) is 19.4. The van der Waals surface area contributed by atoms with Gasteiger partial charge in [-0.05, 0) is 140 Å². The summed E-state index contributed by atoms with van der Waals surface area (Å²) in [6.45, 7) is 0. The minimum atomic E-state index is -2.92. The van der Waals surface area contributed by atoms with Gasteiger partial charge in [0, 0.05) is 16.9 Å². The van der Waals surface area contributed by atoms with E-state index in [9.17, 15) is 0 Å². The second-order valence-electron chi connectivity index (χ2n) is 21.4. The number of hydrogen-bond acceptors (Lipinski definition) is 1. The topological polar surface area (TPSA) is 3.24 Å². The quantitative estimate of drug-likeness (QED) is 0.0775. The van der Waals surface area contributed by atoms with Crippen LogP contribution in [0.1, 0.15) is 0 Å². The Balaban J connectivity index is 1.01. The van der Waals surface area contributed by atoms with Gasteiger partial charge in [-0.15, -0.1) is 0 Å². The Hall–Kier alpha value is -10.6. The summed E-state index contributed by atoms with van der Waals surface area (Å²) in [6.07, 6.45) is 0. The van der Waals surface area contributed by atoms with Crippen molar-refractivity contribution in [2.45, 2.75) is 0 Å². The second-order valence-corrected chi connectivity index (χ2v) is 25.2. The highest BCUT2D eigenvalue weighted by Gasteiger charge is 2.42. The van der Waals surface area contributed by atoms with Crippen LogP contribution in [0.3, 0.4) is 0 Å². The highest BCUT2D eigenvalue weighted by Crippen LogP contribution is 2.52. The van der Waals surface area contributed by atoms with Crippen LogP contribution in [0.25, 0.3) is 88.7 Å². The Morgan fingerprint density at radius 1 is 0.190 bits per heavy atom. The Kier molecular flexibility index (Phi) is 14.1. The monoisotopic (exact) mass is 1090 g/mol. The van der Waals surface area contributed by atoms with E-state index in [1.54, 1.807) is 0 Å². The van der Waals surface area contributed by atoms with Crippen molar-refractivity contribution in [3.05, 3.63) is 358 Å². The van der Waals surface area contributed by atoms with Gasteiger partial charge in [0.1, 0.15) is 0 Å². The number of nitrogens with zero attached hydrogens (tertiary/aromatic N) is 1. The number of benzene rings is 14. The van der Waals surface area contributed by atoms with Crippen molar-refractivity contribution in [2.24, 2.45) is 0 Å². The summed E-state index contributed by atoms with van der Waals surface area (Å²) in [5.41, 5.74) is 19.7. The van der Waals surface area contributed by atoms with Gasteiger partial charge in [0.05, 0.1) is 5.69 Å². The van der Waals surface area contributed by atoms with Crippen LogP contribution >= 0.6 is 0 Å². The summed E-state index contributed by atoms with van der Waals surface area (Å²) in [7, 11) is -2.92. The second kappa shape index (κ2) is 23.1. The lowest BCUT2D eigenvalue weighted by Gasteiger charge is -2.36. The maximum Gasteiger partial charge on any atom is 0.179 e. The summed E-state index contributed by atoms with van der Waals surface area (Å²) in [6, 6.07) is 132. The van der Waals surface area contributed by atoms with E-state index >= 15 is 0 Å². The standard InChI is InChI=1S/C82H59NSi/c1-9-30-60(31-10-1)61-52-55-67(56-53-61)83(68-40-29-47-72(59-68)84(69-41-19-6-20-42-69,70-43-21-7-22-44-70)71-45-23-8-24-46-71)78-51-28-27-50-75(78)74-49-26-25-48-73(74)66-54-57-76-77(58-66)80(63-34-13-3-14-35-63)82(65-38-17-5-18-39-65)81(64-36-15-4-16-37-64)79(76)62-32-11-2-12-33-62/h1-59H. The molecule has 0 heterocycles. The normalized spacial score (nSPS) is 11.3. The highest BCUT2D eigenvalue weighted by atomic mass is 28.3. The average Bonchev–Trinajstić information content (AvgIpc) is 1.98. The van der Waals surface area contributed by atoms with Gasteiger partial charge in [-0.1, -0.05) is 322 Å². The third kappa shape index (κ3) is 9.55. The molecule has 0 atom stereocenters. The molecule has 0 unspecified atom stereocenters. The number of hydrogen-bond donors (Lipinski definition) is 0. The molecular formula is C82H59NSi. The van der Waals surface area contributed by atoms with Crippen molar-refractivity contribution in [3.63, 3.8) is 0 Å². The predicted molar refractivity (Wildman–Crippen MR) is 360 cm³/mol. The Bertz CT molecular complexity index is 4440. The fourth-order valence-corrected chi connectivity index (χ4v) is 17.7. The molecule has 14 aromatic carbocycles. The fourth-order valence-electron chi connectivity index (χ4n) is 12.9. The molecule has 14 aromatic rings. The van der Waals surface area contributed by atoms with Crippen LogP contribution in [0, 0.1) is 0 Å². The van der Waals surface area contributed by atoms with Crippen molar-refractivity contribution in [1.29, 1.82) is 0 Å². The molecule has 0 amide bonds. The molecule has 0 bridgehead atoms. The summed E-state index contributed by atoms with van der Waals surface area (Å²) in [4.78, 5) is 2.49. The Morgan fingerprint density at radius 2 is 0.548 bits per heavy atom. The van der Waals surface area contributed by atoms with Crippen molar-refractivity contribution in [2.75, 3.05) is 4.90 Å². The maximum atomic E-state index is 2.49. The van der Waals surface area contributed by atoms with Crippen LogP contribution in [0.5, 0.6) is 0 Å². The molecule has 0 saturated heterocycles. The zero-order chi connectivity index (χ0) is 56.1. The van der Waals surface area contributed by atoms with Gasteiger partial charge in [0.15, 0.2) is 8.07 Å². The van der Waals surface area contributed by atoms with Crippen molar-refractivity contribution in [3.8, 4) is 77.9 Å². The van der Waals surface area contributed by atoms with E-state index in [2.05, 4.69) is 363 Å². The van der Waals surface area contributed by atoms with E-state index in [1.807, 2.05) is 0 Å². The van der Waals surface area contributed by atoms with Crippen LogP contribution < -0.4 is 25.6 Å². The largest absolute Gasteiger partial charge is 0.310 e. The van der Waals surface area contributed by atoms with Gasteiger partial charge in [0.2, 0.25) is 0 Å². The van der Waals surface area contributed by atoms with Crippen molar-refractivity contribution in [1.82, 2.24) is 0 Å². The Labute approximate surface area is 494 Å². The minimum Gasteiger partial charge on any atom is -0.310 e. The van der Waals surface area contributed by atoms with E-state index < -0.39 is 8.07 Å². The van der Waals surface area contributed by atoms with Gasteiger partial charge in [-0.2, -0.15) is 0 Å².